The predicted molar refractivity (Wildman–Crippen MR) is 78.7 cm³/mol. The van der Waals surface area contributed by atoms with Gasteiger partial charge in [-0.3, -0.25) is 4.79 Å². The van der Waals surface area contributed by atoms with Crippen LogP contribution in [0.15, 0.2) is 22.7 Å². The summed E-state index contributed by atoms with van der Waals surface area (Å²) in [5.41, 5.74) is 1.50. The molecule has 1 N–H and O–H groups in total. The molecule has 1 atom stereocenters. The second-order valence-corrected chi connectivity index (χ2v) is 6.41. The normalized spacial score (nSPS) is 19.3. The van der Waals surface area contributed by atoms with Gasteiger partial charge in [-0.2, -0.15) is 11.8 Å². The fourth-order valence-corrected chi connectivity index (χ4v) is 3.46. The molecule has 0 bridgehead atoms. The highest BCUT2D eigenvalue weighted by Gasteiger charge is 2.33. The molecule has 2 rings (SSSR count). The fraction of sp³-hybridized carbons (Fsp3) is 0.385. The molecule has 1 aromatic rings. The van der Waals surface area contributed by atoms with E-state index in [0.29, 0.717) is 22.3 Å². The maximum Gasteiger partial charge on any atom is 0.327 e. The molecule has 1 aliphatic rings. The van der Waals surface area contributed by atoms with Gasteiger partial charge in [-0.25, -0.2) is 4.79 Å². The van der Waals surface area contributed by atoms with E-state index in [4.69, 9.17) is 0 Å². The lowest BCUT2D eigenvalue weighted by Gasteiger charge is -2.32. The standard InChI is InChI=1S/C13H14BrNO3S/c1-8-2-3-10(14)9(6-8)12(16)15-4-5-19-7-11(15)13(17)18/h2-3,6,11H,4-5,7H2,1H3,(H,17,18). The Bertz CT molecular complexity index is 521. The smallest absolute Gasteiger partial charge is 0.327 e. The zero-order valence-corrected chi connectivity index (χ0v) is 12.8. The van der Waals surface area contributed by atoms with Gasteiger partial charge in [-0.05, 0) is 35.0 Å². The van der Waals surface area contributed by atoms with Crippen molar-refractivity contribution < 1.29 is 14.7 Å². The minimum atomic E-state index is -0.940. The monoisotopic (exact) mass is 343 g/mol. The molecule has 1 aromatic carbocycles. The second kappa shape index (κ2) is 5.96. The van der Waals surface area contributed by atoms with E-state index < -0.39 is 12.0 Å². The Morgan fingerprint density at radius 2 is 2.21 bits per heavy atom. The number of amides is 1. The number of aryl methyl sites for hydroxylation is 1. The van der Waals surface area contributed by atoms with Crippen LogP contribution in [0.4, 0.5) is 0 Å². The molecule has 1 aliphatic heterocycles. The Labute approximate surface area is 124 Å². The highest BCUT2D eigenvalue weighted by atomic mass is 79.9. The van der Waals surface area contributed by atoms with Gasteiger partial charge in [0.1, 0.15) is 6.04 Å². The summed E-state index contributed by atoms with van der Waals surface area (Å²) in [5, 5.41) is 9.21. The van der Waals surface area contributed by atoms with Crippen molar-refractivity contribution in [2.75, 3.05) is 18.1 Å². The summed E-state index contributed by atoms with van der Waals surface area (Å²) in [7, 11) is 0. The lowest BCUT2D eigenvalue weighted by Crippen LogP contribution is -2.50. The van der Waals surface area contributed by atoms with E-state index in [1.807, 2.05) is 19.1 Å². The third kappa shape index (κ3) is 3.12. The average molecular weight is 344 g/mol. The van der Waals surface area contributed by atoms with Crippen molar-refractivity contribution in [2.24, 2.45) is 0 Å². The summed E-state index contributed by atoms with van der Waals surface area (Å²) in [5.74, 6) is 0.0660. The number of hydrogen-bond acceptors (Lipinski definition) is 3. The first-order chi connectivity index (χ1) is 9.00. The number of carboxylic acids is 1. The molecule has 0 radical (unpaired) electrons. The molecule has 1 saturated heterocycles. The molecule has 19 heavy (non-hydrogen) atoms. The summed E-state index contributed by atoms with van der Waals surface area (Å²) in [6.45, 7) is 2.38. The van der Waals surface area contributed by atoms with Gasteiger partial charge in [0.05, 0.1) is 5.56 Å². The number of carboxylic acid groups (broad SMARTS) is 1. The maximum atomic E-state index is 12.5. The van der Waals surface area contributed by atoms with E-state index in [1.165, 1.54) is 4.90 Å². The Balaban J connectivity index is 2.31. The van der Waals surface area contributed by atoms with Crippen LogP contribution < -0.4 is 0 Å². The van der Waals surface area contributed by atoms with Crippen LogP contribution in [-0.4, -0.2) is 46.0 Å². The zero-order valence-electron chi connectivity index (χ0n) is 10.4. The van der Waals surface area contributed by atoms with Gasteiger partial charge in [-0.15, -0.1) is 0 Å². The number of nitrogens with zero attached hydrogens (tertiary/aromatic N) is 1. The van der Waals surface area contributed by atoms with E-state index in [-0.39, 0.29) is 5.91 Å². The van der Waals surface area contributed by atoms with Crippen LogP contribution in [0.3, 0.4) is 0 Å². The van der Waals surface area contributed by atoms with Crippen molar-refractivity contribution in [1.82, 2.24) is 4.90 Å². The summed E-state index contributed by atoms with van der Waals surface area (Å²) >= 11 is 4.92. The average Bonchev–Trinajstić information content (AvgIpc) is 2.40. The van der Waals surface area contributed by atoms with Crippen molar-refractivity contribution >= 4 is 39.6 Å². The lowest BCUT2D eigenvalue weighted by atomic mass is 10.1. The van der Waals surface area contributed by atoms with Gasteiger partial charge >= 0.3 is 5.97 Å². The highest BCUT2D eigenvalue weighted by Crippen LogP contribution is 2.24. The lowest BCUT2D eigenvalue weighted by molar-refractivity contribution is -0.141. The molecule has 6 heteroatoms. The molecule has 4 nitrogen and oxygen atoms in total. The zero-order chi connectivity index (χ0) is 14.0. The Morgan fingerprint density at radius 3 is 2.89 bits per heavy atom. The fourth-order valence-electron chi connectivity index (χ4n) is 2.01. The number of rotatable bonds is 2. The molecule has 0 aromatic heterocycles. The summed E-state index contributed by atoms with van der Waals surface area (Å²) in [6.07, 6.45) is 0. The molecule has 1 amide bonds. The molecule has 1 heterocycles. The maximum absolute atomic E-state index is 12.5. The quantitative estimate of drug-likeness (QED) is 0.895. The highest BCUT2D eigenvalue weighted by molar-refractivity contribution is 9.10. The SMILES string of the molecule is Cc1ccc(Br)c(C(=O)N2CCSCC2C(=O)O)c1. The van der Waals surface area contributed by atoms with E-state index in [1.54, 1.807) is 17.8 Å². The molecule has 1 fully saturated rings. The molecule has 0 spiro atoms. The summed E-state index contributed by atoms with van der Waals surface area (Å²) < 4.78 is 0.700. The molecular weight excluding hydrogens is 330 g/mol. The molecular formula is C13H14BrNO3S. The number of aliphatic carboxylic acids is 1. The van der Waals surface area contributed by atoms with Gasteiger partial charge in [0, 0.05) is 22.5 Å². The van der Waals surface area contributed by atoms with E-state index in [9.17, 15) is 14.7 Å². The molecule has 102 valence electrons. The Morgan fingerprint density at radius 1 is 1.47 bits per heavy atom. The van der Waals surface area contributed by atoms with Crippen LogP contribution in [0.5, 0.6) is 0 Å². The van der Waals surface area contributed by atoms with Crippen LogP contribution in [0.25, 0.3) is 0 Å². The molecule has 0 saturated carbocycles. The van der Waals surface area contributed by atoms with Gasteiger partial charge in [-0.1, -0.05) is 11.6 Å². The van der Waals surface area contributed by atoms with E-state index in [0.717, 1.165) is 11.3 Å². The van der Waals surface area contributed by atoms with Crippen LogP contribution in [0, 0.1) is 6.92 Å². The van der Waals surface area contributed by atoms with Crippen LogP contribution in [-0.2, 0) is 4.79 Å². The van der Waals surface area contributed by atoms with Crippen LogP contribution in [0.1, 0.15) is 15.9 Å². The van der Waals surface area contributed by atoms with Gasteiger partial charge in [0.2, 0.25) is 0 Å². The van der Waals surface area contributed by atoms with Crippen LogP contribution in [0.2, 0.25) is 0 Å². The molecule has 1 unspecified atom stereocenters. The van der Waals surface area contributed by atoms with Crippen LogP contribution >= 0.6 is 27.7 Å². The van der Waals surface area contributed by atoms with Crippen molar-refractivity contribution in [1.29, 1.82) is 0 Å². The third-order valence-corrected chi connectivity index (χ3v) is 4.74. The van der Waals surface area contributed by atoms with Crippen molar-refractivity contribution in [3.05, 3.63) is 33.8 Å². The van der Waals surface area contributed by atoms with Crippen molar-refractivity contribution in [3.63, 3.8) is 0 Å². The third-order valence-electron chi connectivity index (χ3n) is 3.03. The number of hydrogen-bond donors (Lipinski definition) is 1. The number of halogens is 1. The summed E-state index contributed by atoms with van der Waals surface area (Å²) in [4.78, 5) is 25.2. The van der Waals surface area contributed by atoms with E-state index in [2.05, 4.69) is 15.9 Å². The summed E-state index contributed by atoms with van der Waals surface area (Å²) in [6, 6.07) is 4.77. The van der Waals surface area contributed by atoms with Gasteiger partial charge in [0.25, 0.3) is 5.91 Å². The Hall–Kier alpha value is -1.01. The second-order valence-electron chi connectivity index (χ2n) is 4.41. The minimum Gasteiger partial charge on any atom is -0.480 e. The topological polar surface area (TPSA) is 57.6 Å². The first-order valence-corrected chi connectivity index (χ1v) is 7.83. The van der Waals surface area contributed by atoms with Crippen molar-refractivity contribution in [2.45, 2.75) is 13.0 Å². The molecule has 0 aliphatic carbocycles. The first kappa shape index (κ1) is 14.4. The van der Waals surface area contributed by atoms with Gasteiger partial charge in [0.15, 0.2) is 0 Å². The number of thioether (sulfide) groups is 1. The van der Waals surface area contributed by atoms with Crippen molar-refractivity contribution in [3.8, 4) is 0 Å². The Kier molecular flexibility index (Phi) is 4.52. The first-order valence-electron chi connectivity index (χ1n) is 5.88. The predicted octanol–water partition coefficient (Wildman–Crippen LogP) is 2.40. The number of carbonyl (C=O) groups is 2. The number of benzene rings is 1. The minimum absolute atomic E-state index is 0.219. The van der Waals surface area contributed by atoms with Gasteiger partial charge < -0.3 is 10.0 Å². The van der Waals surface area contributed by atoms with E-state index >= 15 is 0 Å². The largest absolute Gasteiger partial charge is 0.480 e. The number of carbonyl (C=O) groups excluding carboxylic acids is 1.